The Hall–Kier alpha value is -1.98. The van der Waals surface area contributed by atoms with Crippen LogP contribution in [0.25, 0.3) is 0 Å². The number of hydrogen-bond acceptors (Lipinski definition) is 3. The molecule has 0 aliphatic rings. The molecule has 0 aliphatic carbocycles. The monoisotopic (exact) mass is 558 g/mol. The average Bonchev–Trinajstić information content (AvgIpc) is 2.75. The molecule has 0 fully saturated rings. The molecule has 0 N–H and O–H groups in total. The van der Waals surface area contributed by atoms with Crippen LogP contribution in [-0.4, -0.2) is 0 Å². The number of rotatable bonds is 6. The fourth-order valence-corrected chi connectivity index (χ4v) is 3.98. The number of ether oxygens (including phenoxy) is 3. The van der Waals surface area contributed by atoms with E-state index in [4.69, 9.17) is 83.8 Å². The van der Waals surface area contributed by atoms with Gasteiger partial charge in [-0.2, -0.15) is 0 Å². The first-order valence-corrected chi connectivity index (χ1v) is 11.6. The van der Waals surface area contributed by atoms with Crippen LogP contribution in [0.15, 0.2) is 72.8 Å². The highest BCUT2D eigenvalue weighted by Gasteiger charge is 2.16. The third-order valence-electron chi connectivity index (χ3n) is 4.26. The molecule has 0 aromatic heterocycles. The van der Waals surface area contributed by atoms with Crippen molar-refractivity contribution in [2.24, 2.45) is 0 Å². The van der Waals surface area contributed by atoms with Gasteiger partial charge in [-0.25, -0.2) is 0 Å². The lowest BCUT2D eigenvalue weighted by Gasteiger charge is -2.16. The molecule has 0 atom stereocenters. The molecule has 0 amide bonds. The van der Waals surface area contributed by atoms with Crippen molar-refractivity contribution in [2.45, 2.75) is 0 Å². The van der Waals surface area contributed by atoms with Gasteiger partial charge in [0, 0.05) is 32.2 Å². The van der Waals surface area contributed by atoms with E-state index in [0.29, 0.717) is 64.6 Å². The molecule has 9 heteroatoms. The zero-order valence-electron chi connectivity index (χ0n) is 16.4. The second-order valence-electron chi connectivity index (χ2n) is 6.64. The van der Waals surface area contributed by atoms with Crippen LogP contribution in [0.4, 0.5) is 0 Å². The molecule has 0 radical (unpaired) electrons. The third kappa shape index (κ3) is 6.13. The minimum absolute atomic E-state index is 0.308. The van der Waals surface area contributed by atoms with Gasteiger partial charge in [0.2, 0.25) is 0 Å². The summed E-state index contributed by atoms with van der Waals surface area (Å²) in [5.41, 5.74) is 0. The molecule has 3 nitrogen and oxygen atoms in total. The zero-order chi connectivity index (χ0) is 23.5. The van der Waals surface area contributed by atoms with Crippen molar-refractivity contribution in [1.82, 2.24) is 0 Å². The van der Waals surface area contributed by atoms with Gasteiger partial charge in [-0.15, -0.1) is 0 Å². The maximum atomic E-state index is 6.25. The summed E-state index contributed by atoms with van der Waals surface area (Å²) in [6.07, 6.45) is 0. The topological polar surface area (TPSA) is 27.7 Å². The van der Waals surface area contributed by atoms with Gasteiger partial charge in [0.15, 0.2) is 23.0 Å². The van der Waals surface area contributed by atoms with E-state index in [0.717, 1.165) is 0 Å². The van der Waals surface area contributed by atoms with Crippen molar-refractivity contribution in [3.63, 3.8) is 0 Å². The van der Waals surface area contributed by atoms with Gasteiger partial charge in [0.25, 0.3) is 0 Å². The summed E-state index contributed by atoms with van der Waals surface area (Å²) < 4.78 is 18.0. The van der Waals surface area contributed by atoms with E-state index in [-0.39, 0.29) is 0 Å². The standard InChI is InChI=1S/C24H12Cl6O3/c25-13-1-5-19(17(29)9-13)31-21-7-3-15(27)11-23(21)33-24-12-16(28)4-8-22(24)32-20-6-2-14(26)10-18(20)30/h1-12H. The molecule has 0 bridgehead atoms. The fraction of sp³-hybridized carbons (Fsp3) is 0. The SMILES string of the molecule is Clc1ccc(Oc2ccc(Cl)cc2Oc2cc(Cl)ccc2Oc2ccc(Cl)cc2Cl)c(Cl)c1. The Morgan fingerprint density at radius 2 is 0.636 bits per heavy atom. The molecule has 0 spiro atoms. The van der Waals surface area contributed by atoms with Crippen molar-refractivity contribution in [3.05, 3.63) is 103 Å². The molecule has 0 saturated carbocycles. The molecule has 0 saturated heterocycles. The van der Waals surface area contributed by atoms with Gasteiger partial charge >= 0.3 is 0 Å². The molecule has 33 heavy (non-hydrogen) atoms. The Bertz CT molecular complexity index is 1220. The van der Waals surface area contributed by atoms with Crippen LogP contribution in [0, 0.1) is 0 Å². The first-order chi connectivity index (χ1) is 15.8. The van der Waals surface area contributed by atoms with Gasteiger partial charge in [-0.05, 0) is 60.7 Å². The Morgan fingerprint density at radius 3 is 1.00 bits per heavy atom. The van der Waals surface area contributed by atoms with Crippen molar-refractivity contribution in [1.29, 1.82) is 0 Å². The minimum Gasteiger partial charge on any atom is -0.452 e. The average molecular weight is 561 g/mol. The summed E-state index contributed by atoms with van der Waals surface area (Å²) in [6, 6.07) is 19.6. The number of benzene rings is 4. The summed E-state index contributed by atoms with van der Waals surface area (Å²) in [5, 5.41) is 2.53. The number of halogens is 6. The molecule has 0 unspecified atom stereocenters. The Morgan fingerprint density at radius 1 is 0.333 bits per heavy atom. The molecule has 0 aliphatic heterocycles. The smallest absolute Gasteiger partial charge is 0.171 e. The van der Waals surface area contributed by atoms with Gasteiger partial charge in [-0.1, -0.05) is 69.6 Å². The zero-order valence-corrected chi connectivity index (χ0v) is 21.0. The molecular formula is C24H12Cl6O3. The van der Waals surface area contributed by atoms with E-state index in [9.17, 15) is 0 Å². The van der Waals surface area contributed by atoms with E-state index in [1.807, 2.05) is 0 Å². The van der Waals surface area contributed by atoms with Crippen LogP contribution in [0.1, 0.15) is 0 Å². The highest BCUT2D eigenvalue weighted by atomic mass is 35.5. The first-order valence-electron chi connectivity index (χ1n) is 9.31. The van der Waals surface area contributed by atoms with Crippen LogP contribution < -0.4 is 14.2 Å². The summed E-state index contributed by atoms with van der Waals surface area (Å²) in [4.78, 5) is 0. The lowest BCUT2D eigenvalue weighted by atomic mass is 10.2. The quantitative estimate of drug-likeness (QED) is 0.235. The van der Waals surface area contributed by atoms with Crippen molar-refractivity contribution < 1.29 is 14.2 Å². The summed E-state index contributed by atoms with van der Waals surface area (Å²) >= 11 is 36.9. The Balaban J connectivity index is 1.69. The summed E-state index contributed by atoms with van der Waals surface area (Å²) in [6.45, 7) is 0. The normalized spacial score (nSPS) is 10.7. The van der Waals surface area contributed by atoms with Gasteiger partial charge in [0.1, 0.15) is 11.5 Å². The van der Waals surface area contributed by atoms with Gasteiger partial charge < -0.3 is 14.2 Å². The highest BCUT2D eigenvalue weighted by Crippen LogP contribution is 2.44. The lowest BCUT2D eigenvalue weighted by molar-refractivity contribution is 0.394. The van der Waals surface area contributed by atoms with E-state index < -0.39 is 0 Å². The van der Waals surface area contributed by atoms with E-state index in [2.05, 4.69) is 0 Å². The highest BCUT2D eigenvalue weighted by molar-refractivity contribution is 6.36. The van der Waals surface area contributed by atoms with Crippen LogP contribution in [0.5, 0.6) is 34.5 Å². The molecular weight excluding hydrogens is 549 g/mol. The minimum atomic E-state index is 0.308. The second kappa shape index (κ2) is 10.5. The Labute approximate surface area is 220 Å². The molecule has 168 valence electrons. The predicted molar refractivity (Wildman–Crippen MR) is 136 cm³/mol. The van der Waals surface area contributed by atoms with Crippen LogP contribution in [0.3, 0.4) is 0 Å². The predicted octanol–water partition coefficient (Wildman–Crippen LogP) is 11.0. The second-order valence-corrected chi connectivity index (χ2v) is 9.20. The largest absolute Gasteiger partial charge is 0.452 e. The molecule has 0 heterocycles. The van der Waals surface area contributed by atoms with Crippen LogP contribution in [-0.2, 0) is 0 Å². The maximum Gasteiger partial charge on any atom is 0.171 e. The maximum absolute atomic E-state index is 6.25. The number of hydrogen-bond donors (Lipinski definition) is 0. The third-order valence-corrected chi connectivity index (χ3v) is 5.79. The van der Waals surface area contributed by atoms with Crippen molar-refractivity contribution in [2.75, 3.05) is 0 Å². The van der Waals surface area contributed by atoms with Crippen LogP contribution in [0.2, 0.25) is 30.1 Å². The Kier molecular flexibility index (Phi) is 7.70. The van der Waals surface area contributed by atoms with Crippen molar-refractivity contribution >= 4 is 69.6 Å². The lowest BCUT2D eigenvalue weighted by Crippen LogP contribution is -1.94. The summed E-state index contributed by atoms with van der Waals surface area (Å²) in [5.74, 6) is 2.12. The van der Waals surface area contributed by atoms with E-state index in [1.54, 1.807) is 72.8 Å². The summed E-state index contributed by atoms with van der Waals surface area (Å²) in [7, 11) is 0. The first kappa shape index (κ1) is 24.2. The molecule has 4 rings (SSSR count). The molecule has 4 aromatic carbocycles. The van der Waals surface area contributed by atoms with Crippen molar-refractivity contribution in [3.8, 4) is 34.5 Å². The van der Waals surface area contributed by atoms with Crippen LogP contribution >= 0.6 is 69.6 Å². The van der Waals surface area contributed by atoms with Gasteiger partial charge in [0.05, 0.1) is 10.0 Å². The molecule has 4 aromatic rings. The van der Waals surface area contributed by atoms with Gasteiger partial charge in [-0.3, -0.25) is 0 Å². The van der Waals surface area contributed by atoms with E-state index in [1.165, 1.54) is 0 Å². The fourth-order valence-electron chi connectivity index (χ4n) is 2.76. The van der Waals surface area contributed by atoms with E-state index >= 15 is 0 Å².